The van der Waals surface area contributed by atoms with Gasteiger partial charge in [-0.3, -0.25) is 4.90 Å². The first-order valence-corrected chi connectivity index (χ1v) is 10.0. The summed E-state index contributed by atoms with van der Waals surface area (Å²) in [6, 6.07) is 22.7. The van der Waals surface area contributed by atoms with Crippen LogP contribution in [0.25, 0.3) is 11.1 Å². The highest BCUT2D eigenvalue weighted by molar-refractivity contribution is 5.81. The molecule has 0 saturated carbocycles. The van der Waals surface area contributed by atoms with Crippen LogP contribution in [0.3, 0.4) is 0 Å². The topological polar surface area (TPSA) is 69.7 Å². The van der Waals surface area contributed by atoms with Crippen LogP contribution in [-0.2, 0) is 22.5 Å². The smallest absolute Gasteiger partial charge is 0.410 e. The third kappa shape index (κ3) is 3.03. The molecular weight excluding hydrogens is 378 g/mol. The standard InChI is InChI=1S/C25H21NO4/c27-24(28)23-13-16-7-1-2-8-17(16)14-26(23)25(29)30-15-22-20-11-5-3-9-18(20)19-10-4-6-12-21(19)22/h1-12,22-23H,13-15H2,(H,27,28)/p-1/t23-/m1/s1. The van der Waals surface area contributed by atoms with E-state index in [1.54, 1.807) is 0 Å². The molecule has 3 aromatic carbocycles. The van der Waals surface area contributed by atoms with Crippen molar-refractivity contribution in [2.45, 2.75) is 24.9 Å². The van der Waals surface area contributed by atoms with Gasteiger partial charge in [-0.25, -0.2) is 4.79 Å². The Labute approximate surface area is 174 Å². The molecule has 0 N–H and O–H groups in total. The number of hydrogen-bond donors (Lipinski definition) is 0. The second kappa shape index (κ2) is 7.34. The SMILES string of the molecule is O=C([O-])[C@H]1Cc2ccccc2CN1C(=O)OCC1c2ccccc2-c2ccccc21. The minimum absolute atomic E-state index is 0.0696. The largest absolute Gasteiger partial charge is 0.548 e. The number of benzene rings is 3. The lowest BCUT2D eigenvalue weighted by Crippen LogP contribution is -2.53. The van der Waals surface area contributed by atoms with Gasteiger partial charge in [0.25, 0.3) is 0 Å². The number of carbonyl (C=O) groups excluding carboxylic acids is 2. The van der Waals surface area contributed by atoms with E-state index in [2.05, 4.69) is 24.3 Å². The average molecular weight is 398 g/mol. The van der Waals surface area contributed by atoms with Crippen molar-refractivity contribution in [3.63, 3.8) is 0 Å². The maximum atomic E-state index is 12.9. The molecule has 0 bridgehead atoms. The van der Waals surface area contributed by atoms with E-state index >= 15 is 0 Å². The van der Waals surface area contributed by atoms with Crippen LogP contribution in [0.5, 0.6) is 0 Å². The van der Waals surface area contributed by atoms with Crippen LogP contribution in [0.4, 0.5) is 4.79 Å². The Hall–Kier alpha value is -3.60. The summed E-state index contributed by atoms with van der Waals surface area (Å²) in [7, 11) is 0. The molecule has 0 spiro atoms. The number of carboxylic acid groups (broad SMARTS) is 1. The number of rotatable bonds is 3. The quantitative estimate of drug-likeness (QED) is 0.680. The Morgan fingerprint density at radius 3 is 2.07 bits per heavy atom. The van der Waals surface area contributed by atoms with Crippen LogP contribution in [0.2, 0.25) is 0 Å². The molecule has 5 rings (SSSR count). The maximum Gasteiger partial charge on any atom is 0.410 e. The van der Waals surface area contributed by atoms with E-state index in [1.807, 2.05) is 48.5 Å². The number of carbonyl (C=O) groups is 2. The van der Waals surface area contributed by atoms with Gasteiger partial charge in [-0.1, -0.05) is 72.8 Å². The molecule has 3 aromatic rings. The summed E-state index contributed by atoms with van der Waals surface area (Å²) in [5.74, 6) is -1.34. The van der Waals surface area contributed by atoms with Gasteiger partial charge in [0, 0.05) is 12.5 Å². The summed E-state index contributed by atoms with van der Waals surface area (Å²) in [4.78, 5) is 25.9. The van der Waals surface area contributed by atoms with Crippen molar-refractivity contribution in [3.8, 4) is 11.1 Å². The summed E-state index contributed by atoms with van der Waals surface area (Å²) < 4.78 is 5.67. The van der Waals surface area contributed by atoms with Gasteiger partial charge in [0.15, 0.2) is 0 Å². The summed E-state index contributed by atoms with van der Waals surface area (Å²) >= 11 is 0. The second-order valence-electron chi connectivity index (χ2n) is 7.74. The van der Waals surface area contributed by atoms with Crippen LogP contribution in [0.15, 0.2) is 72.8 Å². The second-order valence-corrected chi connectivity index (χ2v) is 7.74. The van der Waals surface area contributed by atoms with Crippen molar-refractivity contribution in [1.82, 2.24) is 4.90 Å². The Morgan fingerprint density at radius 1 is 0.867 bits per heavy atom. The molecule has 0 unspecified atom stereocenters. The molecule has 150 valence electrons. The highest BCUT2D eigenvalue weighted by Gasteiger charge is 2.34. The summed E-state index contributed by atoms with van der Waals surface area (Å²) in [5, 5.41) is 11.7. The van der Waals surface area contributed by atoms with Gasteiger partial charge in [0.2, 0.25) is 0 Å². The van der Waals surface area contributed by atoms with Gasteiger partial charge in [0.1, 0.15) is 6.61 Å². The normalized spacial score (nSPS) is 17.1. The Morgan fingerprint density at radius 2 is 1.43 bits per heavy atom. The molecule has 30 heavy (non-hydrogen) atoms. The fraction of sp³-hybridized carbons (Fsp3) is 0.200. The zero-order valence-electron chi connectivity index (χ0n) is 16.3. The van der Waals surface area contributed by atoms with Crippen molar-refractivity contribution in [2.24, 2.45) is 0 Å². The summed E-state index contributed by atoms with van der Waals surface area (Å²) in [6.45, 7) is 0.357. The first kappa shape index (κ1) is 18.4. The molecule has 5 heteroatoms. The molecule has 1 aliphatic heterocycles. The average Bonchev–Trinajstić information content (AvgIpc) is 3.10. The van der Waals surface area contributed by atoms with Gasteiger partial charge in [0.05, 0.1) is 12.0 Å². The van der Waals surface area contributed by atoms with E-state index in [1.165, 1.54) is 4.90 Å². The first-order chi connectivity index (χ1) is 14.6. The third-order valence-electron chi connectivity index (χ3n) is 6.09. The van der Waals surface area contributed by atoms with Crippen molar-refractivity contribution in [2.75, 3.05) is 6.61 Å². The third-order valence-corrected chi connectivity index (χ3v) is 6.09. The van der Waals surface area contributed by atoms with Crippen LogP contribution in [0.1, 0.15) is 28.2 Å². The lowest BCUT2D eigenvalue weighted by molar-refractivity contribution is -0.311. The van der Waals surface area contributed by atoms with Crippen molar-refractivity contribution in [3.05, 3.63) is 95.1 Å². The lowest BCUT2D eigenvalue weighted by atomic mass is 9.94. The van der Waals surface area contributed by atoms with Gasteiger partial charge in [-0.15, -0.1) is 0 Å². The van der Waals surface area contributed by atoms with Crippen molar-refractivity contribution in [1.29, 1.82) is 0 Å². The molecule has 0 aromatic heterocycles. The molecule has 1 aliphatic carbocycles. The molecule has 0 saturated heterocycles. The number of ether oxygens (including phenoxy) is 1. The van der Waals surface area contributed by atoms with E-state index in [0.717, 1.165) is 33.4 Å². The van der Waals surface area contributed by atoms with Crippen molar-refractivity contribution >= 4 is 12.1 Å². The van der Waals surface area contributed by atoms with Crippen LogP contribution in [-0.4, -0.2) is 29.6 Å². The van der Waals surface area contributed by atoms with E-state index in [-0.39, 0.29) is 25.5 Å². The minimum atomic E-state index is -1.27. The van der Waals surface area contributed by atoms with Crippen LogP contribution in [0, 0.1) is 0 Å². The molecule has 2 aliphatic rings. The van der Waals surface area contributed by atoms with Gasteiger partial charge in [-0.2, -0.15) is 0 Å². The molecule has 1 atom stereocenters. The zero-order chi connectivity index (χ0) is 20.7. The Balaban J connectivity index is 1.38. The Kier molecular flexibility index (Phi) is 4.51. The molecule has 5 nitrogen and oxygen atoms in total. The first-order valence-electron chi connectivity index (χ1n) is 10.0. The van der Waals surface area contributed by atoms with E-state index in [4.69, 9.17) is 4.74 Å². The highest BCUT2D eigenvalue weighted by atomic mass is 16.6. The number of fused-ring (bicyclic) bond motifs is 4. The Bertz CT molecular complexity index is 1090. The molecule has 1 heterocycles. The lowest BCUT2D eigenvalue weighted by Gasteiger charge is -2.36. The number of aliphatic carboxylic acids is 1. The van der Waals surface area contributed by atoms with E-state index in [9.17, 15) is 14.7 Å². The number of hydrogen-bond acceptors (Lipinski definition) is 4. The monoisotopic (exact) mass is 398 g/mol. The molecule has 1 amide bonds. The zero-order valence-corrected chi connectivity index (χ0v) is 16.3. The van der Waals surface area contributed by atoms with E-state index in [0.29, 0.717) is 0 Å². The predicted molar refractivity (Wildman–Crippen MR) is 110 cm³/mol. The summed E-state index contributed by atoms with van der Waals surface area (Å²) in [6.07, 6.45) is -0.400. The number of amides is 1. The minimum Gasteiger partial charge on any atom is -0.548 e. The van der Waals surface area contributed by atoms with Gasteiger partial charge < -0.3 is 14.6 Å². The van der Waals surface area contributed by atoms with E-state index < -0.39 is 18.1 Å². The highest BCUT2D eigenvalue weighted by Crippen LogP contribution is 2.44. The van der Waals surface area contributed by atoms with Crippen molar-refractivity contribution < 1.29 is 19.4 Å². The molecular formula is C25H20NO4-. The molecule has 0 fully saturated rings. The van der Waals surface area contributed by atoms with Gasteiger partial charge in [-0.05, 0) is 39.8 Å². The van der Waals surface area contributed by atoms with Crippen LogP contribution < -0.4 is 5.11 Å². The predicted octanol–water partition coefficient (Wildman–Crippen LogP) is 3.11. The number of carboxylic acids is 1. The fourth-order valence-electron chi connectivity index (χ4n) is 4.60. The maximum absolute atomic E-state index is 12.9. The summed E-state index contributed by atoms with van der Waals surface area (Å²) in [5.41, 5.74) is 6.39. The van der Waals surface area contributed by atoms with Crippen LogP contribution >= 0.6 is 0 Å². The van der Waals surface area contributed by atoms with Gasteiger partial charge >= 0.3 is 6.09 Å². The number of nitrogens with zero attached hydrogens (tertiary/aromatic N) is 1. The molecule has 0 radical (unpaired) electrons. The fourth-order valence-corrected chi connectivity index (χ4v) is 4.60.